The third-order valence-electron chi connectivity index (χ3n) is 1.88. The van der Waals surface area contributed by atoms with Crippen LogP contribution in [0.1, 0.15) is 5.56 Å². The van der Waals surface area contributed by atoms with Crippen molar-refractivity contribution in [3.8, 4) is 11.5 Å². The maximum Gasteiger partial charge on any atom is 0.330 e. The number of phenolic OH excluding ortho intramolecular Hbond substituents is 1. The first-order valence-corrected chi connectivity index (χ1v) is 5.49. The first-order valence-electron chi connectivity index (χ1n) is 4.41. The maximum atomic E-state index is 10.9. The van der Waals surface area contributed by atoms with Gasteiger partial charge in [0.1, 0.15) is 0 Å². The van der Waals surface area contributed by atoms with E-state index in [4.69, 9.17) is 4.74 Å². The van der Waals surface area contributed by atoms with Gasteiger partial charge in [0.25, 0.3) is 0 Å². The summed E-state index contributed by atoms with van der Waals surface area (Å²) in [7, 11) is 2.78. The number of hydrogen-bond donors (Lipinski definition) is 1. The summed E-state index contributed by atoms with van der Waals surface area (Å²) < 4.78 is 10.1. The van der Waals surface area contributed by atoms with E-state index >= 15 is 0 Å². The van der Waals surface area contributed by atoms with E-state index in [-0.39, 0.29) is 5.75 Å². The van der Waals surface area contributed by atoms with Crippen LogP contribution in [-0.2, 0) is 9.53 Å². The highest BCUT2D eigenvalue weighted by molar-refractivity contribution is 14.1. The van der Waals surface area contributed by atoms with Crippen LogP contribution < -0.4 is 4.74 Å². The fourth-order valence-corrected chi connectivity index (χ4v) is 1.70. The summed E-state index contributed by atoms with van der Waals surface area (Å²) in [4.78, 5) is 10.9. The third-order valence-corrected chi connectivity index (χ3v) is 2.71. The Bertz CT molecular complexity index is 426. The Morgan fingerprint density at radius 2 is 2.12 bits per heavy atom. The number of esters is 1. The van der Waals surface area contributed by atoms with Crippen molar-refractivity contribution in [2.45, 2.75) is 0 Å². The van der Waals surface area contributed by atoms with Crippen molar-refractivity contribution in [1.29, 1.82) is 0 Å². The molecule has 1 aromatic rings. The number of halogens is 1. The van der Waals surface area contributed by atoms with E-state index in [1.54, 1.807) is 18.2 Å². The van der Waals surface area contributed by atoms with Crippen LogP contribution in [0.5, 0.6) is 11.5 Å². The van der Waals surface area contributed by atoms with Gasteiger partial charge in [0.2, 0.25) is 0 Å². The number of carbonyl (C=O) groups excluding carboxylic acids is 1. The number of hydrogen-bond acceptors (Lipinski definition) is 4. The monoisotopic (exact) mass is 334 g/mol. The Labute approximate surface area is 107 Å². The smallest absolute Gasteiger partial charge is 0.330 e. The standard InChI is InChI=1S/C11H11IO4/c1-15-9-6-7(3-4-10(13)16-2)5-8(12)11(9)14/h3-6,14H,1-2H3/b4-3+. The van der Waals surface area contributed by atoms with E-state index in [2.05, 4.69) is 4.74 Å². The van der Waals surface area contributed by atoms with Gasteiger partial charge in [0.15, 0.2) is 11.5 Å². The van der Waals surface area contributed by atoms with Crippen molar-refractivity contribution in [3.63, 3.8) is 0 Å². The molecule has 1 rings (SSSR count). The van der Waals surface area contributed by atoms with Crippen LogP contribution in [0.4, 0.5) is 0 Å². The molecule has 0 aliphatic rings. The molecule has 0 fully saturated rings. The van der Waals surface area contributed by atoms with Gasteiger partial charge in [-0.1, -0.05) is 0 Å². The molecule has 0 saturated heterocycles. The lowest BCUT2D eigenvalue weighted by molar-refractivity contribution is -0.134. The summed E-state index contributed by atoms with van der Waals surface area (Å²) in [5.41, 5.74) is 0.754. The number of methoxy groups -OCH3 is 2. The highest BCUT2D eigenvalue weighted by Gasteiger charge is 2.07. The van der Waals surface area contributed by atoms with E-state index in [1.165, 1.54) is 20.3 Å². The fraction of sp³-hybridized carbons (Fsp3) is 0.182. The Balaban J connectivity index is 3.03. The minimum absolute atomic E-state index is 0.0957. The topological polar surface area (TPSA) is 55.8 Å². The van der Waals surface area contributed by atoms with E-state index in [1.807, 2.05) is 22.6 Å². The van der Waals surface area contributed by atoms with Gasteiger partial charge in [-0.15, -0.1) is 0 Å². The lowest BCUT2D eigenvalue weighted by atomic mass is 10.2. The summed E-state index contributed by atoms with van der Waals surface area (Å²) in [5, 5.41) is 9.60. The molecule has 0 aliphatic heterocycles. The maximum absolute atomic E-state index is 10.9. The molecule has 0 bridgehead atoms. The normalized spacial score (nSPS) is 10.4. The number of benzene rings is 1. The minimum atomic E-state index is -0.429. The van der Waals surface area contributed by atoms with Gasteiger partial charge < -0.3 is 14.6 Å². The van der Waals surface area contributed by atoms with E-state index < -0.39 is 5.97 Å². The summed E-state index contributed by atoms with van der Waals surface area (Å²) >= 11 is 1.99. The average Bonchev–Trinajstić information content (AvgIpc) is 2.29. The molecule has 0 radical (unpaired) electrons. The third kappa shape index (κ3) is 3.13. The fourth-order valence-electron chi connectivity index (χ4n) is 1.08. The Hall–Kier alpha value is -1.24. The second kappa shape index (κ2) is 5.74. The molecule has 86 valence electrons. The summed E-state index contributed by atoms with van der Waals surface area (Å²) in [6, 6.07) is 3.37. The second-order valence-electron chi connectivity index (χ2n) is 2.91. The highest BCUT2D eigenvalue weighted by Crippen LogP contribution is 2.32. The van der Waals surface area contributed by atoms with Crippen LogP contribution in [0.25, 0.3) is 6.08 Å². The lowest BCUT2D eigenvalue weighted by Gasteiger charge is -2.06. The number of carbonyl (C=O) groups is 1. The molecule has 0 saturated carbocycles. The van der Waals surface area contributed by atoms with Gasteiger partial charge in [-0.05, 0) is 46.4 Å². The predicted octanol–water partition coefficient (Wildman–Crippen LogP) is 2.19. The van der Waals surface area contributed by atoms with Crippen molar-refractivity contribution < 1.29 is 19.4 Å². The first-order chi connectivity index (χ1) is 7.58. The molecule has 0 aromatic heterocycles. The first kappa shape index (κ1) is 12.8. The van der Waals surface area contributed by atoms with Crippen LogP contribution in [0.3, 0.4) is 0 Å². The molecule has 1 N–H and O–H groups in total. The van der Waals surface area contributed by atoms with Gasteiger partial charge >= 0.3 is 5.97 Å². The van der Waals surface area contributed by atoms with Crippen molar-refractivity contribution in [3.05, 3.63) is 27.3 Å². The molecular weight excluding hydrogens is 323 g/mol. The van der Waals surface area contributed by atoms with E-state index in [0.717, 1.165) is 5.56 Å². The van der Waals surface area contributed by atoms with Gasteiger partial charge in [-0.25, -0.2) is 4.79 Å². The summed E-state index contributed by atoms with van der Waals surface area (Å²) in [6.45, 7) is 0. The Kier molecular flexibility index (Phi) is 4.60. The summed E-state index contributed by atoms with van der Waals surface area (Å²) in [5.74, 6) is 0.0387. The number of phenols is 1. The molecule has 5 heteroatoms. The Morgan fingerprint density at radius 3 is 2.69 bits per heavy atom. The molecule has 0 aliphatic carbocycles. The molecule has 4 nitrogen and oxygen atoms in total. The van der Waals surface area contributed by atoms with Crippen LogP contribution >= 0.6 is 22.6 Å². The van der Waals surface area contributed by atoms with Crippen LogP contribution in [0.2, 0.25) is 0 Å². The van der Waals surface area contributed by atoms with Crippen LogP contribution in [-0.4, -0.2) is 25.3 Å². The zero-order chi connectivity index (χ0) is 12.1. The molecule has 0 atom stereocenters. The zero-order valence-corrected chi connectivity index (χ0v) is 11.0. The van der Waals surface area contributed by atoms with Crippen molar-refractivity contribution in [2.75, 3.05) is 14.2 Å². The molecule has 0 unspecified atom stereocenters. The highest BCUT2D eigenvalue weighted by atomic mass is 127. The summed E-state index contributed by atoms with van der Waals surface area (Å²) in [6.07, 6.45) is 2.90. The SMILES string of the molecule is COC(=O)/C=C/c1cc(I)c(O)c(OC)c1. The number of rotatable bonds is 3. The van der Waals surface area contributed by atoms with Crippen molar-refractivity contribution in [2.24, 2.45) is 0 Å². The van der Waals surface area contributed by atoms with Crippen LogP contribution in [0, 0.1) is 3.57 Å². The Morgan fingerprint density at radius 1 is 1.44 bits per heavy atom. The lowest BCUT2D eigenvalue weighted by Crippen LogP contribution is -1.93. The van der Waals surface area contributed by atoms with Gasteiger partial charge in [-0.3, -0.25) is 0 Å². The van der Waals surface area contributed by atoms with Gasteiger partial charge in [0.05, 0.1) is 17.8 Å². The van der Waals surface area contributed by atoms with Crippen molar-refractivity contribution in [1.82, 2.24) is 0 Å². The van der Waals surface area contributed by atoms with Crippen molar-refractivity contribution >= 4 is 34.6 Å². The van der Waals surface area contributed by atoms with Gasteiger partial charge in [0, 0.05) is 6.08 Å². The van der Waals surface area contributed by atoms with E-state index in [0.29, 0.717) is 9.32 Å². The molecule has 0 heterocycles. The molecule has 0 spiro atoms. The molecular formula is C11H11IO4. The molecule has 0 amide bonds. The molecule has 16 heavy (non-hydrogen) atoms. The predicted molar refractivity (Wildman–Crippen MR) is 68.4 cm³/mol. The van der Waals surface area contributed by atoms with Crippen LogP contribution in [0.15, 0.2) is 18.2 Å². The molecule has 1 aromatic carbocycles. The zero-order valence-electron chi connectivity index (χ0n) is 8.86. The second-order valence-corrected chi connectivity index (χ2v) is 4.07. The quantitative estimate of drug-likeness (QED) is 0.523. The number of aromatic hydroxyl groups is 1. The minimum Gasteiger partial charge on any atom is -0.504 e. The average molecular weight is 334 g/mol. The van der Waals surface area contributed by atoms with Gasteiger partial charge in [-0.2, -0.15) is 0 Å². The largest absolute Gasteiger partial charge is 0.504 e. The number of ether oxygens (including phenoxy) is 2. The van der Waals surface area contributed by atoms with E-state index in [9.17, 15) is 9.90 Å².